The highest BCUT2D eigenvalue weighted by Crippen LogP contribution is 2.36. The summed E-state index contributed by atoms with van der Waals surface area (Å²) in [6.45, 7) is 0. The summed E-state index contributed by atoms with van der Waals surface area (Å²) >= 11 is 0. The van der Waals surface area contributed by atoms with Crippen molar-refractivity contribution in [1.29, 1.82) is 0 Å². The summed E-state index contributed by atoms with van der Waals surface area (Å²) in [4.78, 5) is 0. The molecular weight excluding hydrogens is 307 g/mol. The van der Waals surface area contributed by atoms with E-state index >= 15 is 0 Å². The summed E-state index contributed by atoms with van der Waals surface area (Å²) in [5, 5.41) is 10.2. The van der Waals surface area contributed by atoms with Gasteiger partial charge in [0.2, 0.25) is 0 Å². The maximum Gasteiger partial charge on any atom is 0.573 e. The minimum absolute atomic E-state index is 0. The van der Waals surface area contributed by atoms with Crippen molar-refractivity contribution < 1.29 is 23.0 Å². The van der Waals surface area contributed by atoms with Crippen LogP contribution in [0.3, 0.4) is 0 Å². The molecular formula is C14H19ClF3NO2. The zero-order chi connectivity index (χ0) is 14.8. The van der Waals surface area contributed by atoms with Crippen molar-refractivity contribution in [2.45, 2.75) is 44.2 Å². The molecule has 1 aliphatic carbocycles. The molecule has 1 saturated carbocycles. The van der Waals surface area contributed by atoms with Gasteiger partial charge in [0.25, 0.3) is 0 Å². The second-order valence-electron chi connectivity index (χ2n) is 5.15. The van der Waals surface area contributed by atoms with Gasteiger partial charge in [0.15, 0.2) is 0 Å². The minimum atomic E-state index is -4.77. The number of alkyl halides is 3. The van der Waals surface area contributed by atoms with E-state index in [0.717, 1.165) is 25.7 Å². The number of para-hydroxylation sites is 1. The first-order chi connectivity index (χ1) is 9.38. The third-order valence-corrected chi connectivity index (χ3v) is 3.75. The molecule has 0 spiro atoms. The highest BCUT2D eigenvalue weighted by atomic mass is 35.5. The molecule has 0 bridgehead atoms. The molecule has 21 heavy (non-hydrogen) atoms. The lowest BCUT2D eigenvalue weighted by atomic mass is 9.90. The molecule has 0 amide bonds. The molecule has 1 aromatic carbocycles. The first-order valence-corrected chi connectivity index (χ1v) is 6.67. The quantitative estimate of drug-likeness (QED) is 0.890. The number of aliphatic hydroxyl groups is 1. The predicted octanol–water partition coefficient (Wildman–Crippen LogP) is 3.56. The Bertz CT molecular complexity index is 450. The van der Waals surface area contributed by atoms with E-state index in [9.17, 15) is 18.3 Å². The molecule has 7 heteroatoms. The molecule has 0 aliphatic heterocycles. The number of ether oxygens (including phenoxy) is 1. The summed E-state index contributed by atoms with van der Waals surface area (Å²) in [6, 6.07) is 4.82. The van der Waals surface area contributed by atoms with Crippen LogP contribution in [0.2, 0.25) is 0 Å². The molecule has 0 radical (unpaired) electrons. The average Bonchev–Trinajstić information content (AvgIpc) is 2.89. The van der Waals surface area contributed by atoms with Gasteiger partial charge in [0.1, 0.15) is 5.75 Å². The zero-order valence-electron chi connectivity index (χ0n) is 11.3. The molecule has 1 aromatic rings. The van der Waals surface area contributed by atoms with Crippen molar-refractivity contribution in [3.8, 4) is 5.75 Å². The third kappa shape index (κ3) is 4.76. The van der Waals surface area contributed by atoms with E-state index < -0.39 is 18.5 Å². The molecule has 1 fully saturated rings. The van der Waals surface area contributed by atoms with Gasteiger partial charge >= 0.3 is 6.36 Å². The number of aliphatic hydroxyl groups excluding tert-OH is 1. The standard InChI is InChI=1S/C14H18F3NO2.ClH/c15-14(16,17)20-11-8-4-3-7-10(11)12(18)13(19)9-5-1-2-6-9;/h3-4,7-9,12-13,19H,1-2,5-6,18H2;1H/t12-,13+;/m1./s1. The summed E-state index contributed by atoms with van der Waals surface area (Å²) in [5.41, 5.74) is 6.13. The lowest BCUT2D eigenvalue weighted by molar-refractivity contribution is -0.275. The second-order valence-corrected chi connectivity index (χ2v) is 5.15. The van der Waals surface area contributed by atoms with Crippen molar-refractivity contribution >= 4 is 12.4 Å². The normalized spacial score (nSPS) is 18.9. The van der Waals surface area contributed by atoms with Crippen molar-refractivity contribution in [1.82, 2.24) is 0 Å². The van der Waals surface area contributed by atoms with Gasteiger partial charge in [-0.05, 0) is 24.8 Å². The number of hydrogen-bond donors (Lipinski definition) is 2. The fourth-order valence-electron chi connectivity index (χ4n) is 2.75. The number of hydrogen-bond acceptors (Lipinski definition) is 3. The van der Waals surface area contributed by atoms with E-state index in [0.29, 0.717) is 0 Å². The molecule has 120 valence electrons. The maximum atomic E-state index is 12.4. The summed E-state index contributed by atoms with van der Waals surface area (Å²) in [7, 11) is 0. The van der Waals surface area contributed by atoms with Crippen LogP contribution in [0.1, 0.15) is 37.3 Å². The van der Waals surface area contributed by atoms with Crippen LogP contribution in [0.15, 0.2) is 24.3 Å². The number of benzene rings is 1. The number of halogens is 4. The molecule has 0 heterocycles. The van der Waals surface area contributed by atoms with E-state index in [4.69, 9.17) is 5.73 Å². The fourth-order valence-corrected chi connectivity index (χ4v) is 2.75. The van der Waals surface area contributed by atoms with Crippen molar-refractivity contribution in [3.63, 3.8) is 0 Å². The average molecular weight is 326 g/mol. The van der Waals surface area contributed by atoms with E-state index in [2.05, 4.69) is 4.74 Å². The third-order valence-electron chi connectivity index (χ3n) is 3.75. The van der Waals surface area contributed by atoms with Crippen LogP contribution >= 0.6 is 12.4 Å². The van der Waals surface area contributed by atoms with Crippen LogP contribution in [-0.2, 0) is 0 Å². The van der Waals surface area contributed by atoms with Gasteiger partial charge in [-0.25, -0.2) is 0 Å². The fraction of sp³-hybridized carbons (Fsp3) is 0.571. The Morgan fingerprint density at radius 1 is 1.19 bits per heavy atom. The van der Waals surface area contributed by atoms with E-state index in [1.54, 1.807) is 6.07 Å². The second kappa shape index (κ2) is 7.33. The Balaban J connectivity index is 0.00000220. The van der Waals surface area contributed by atoms with Crippen LogP contribution in [0.25, 0.3) is 0 Å². The first kappa shape index (κ1) is 18.1. The van der Waals surface area contributed by atoms with Gasteiger partial charge in [-0.1, -0.05) is 31.0 Å². The van der Waals surface area contributed by atoms with Gasteiger partial charge in [-0.3, -0.25) is 0 Å². The lowest BCUT2D eigenvalue weighted by Crippen LogP contribution is -2.32. The highest BCUT2D eigenvalue weighted by Gasteiger charge is 2.35. The summed E-state index contributed by atoms with van der Waals surface area (Å²) in [6.07, 6.45) is -1.86. The largest absolute Gasteiger partial charge is 0.573 e. The summed E-state index contributed by atoms with van der Waals surface area (Å²) in [5.74, 6) is -0.298. The van der Waals surface area contributed by atoms with E-state index in [-0.39, 0.29) is 29.6 Å². The Morgan fingerprint density at radius 2 is 1.76 bits per heavy atom. The van der Waals surface area contributed by atoms with Crippen LogP contribution in [0.5, 0.6) is 5.75 Å². The van der Waals surface area contributed by atoms with Crippen molar-refractivity contribution in [2.75, 3.05) is 0 Å². The smallest absolute Gasteiger partial charge is 0.405 e. The Kier molecular flexibility index (Phi) is 6.31. The Morgan fingerprint density at radius 3 is 2.33 bits per heavy atom. The lowest BCUT2D eigenvalue weighted by Gasteiger charge is -2.26. The summed E-state index contributed by atoms with van der Waals surface area (Å²) < 4.78 is 41.1. The molecule has 1 aliphatic rings. The van der Waals surface area contributed by atoms with Gasteiger partial charge < -0.3 is 15.6 Å². The molecule has 2 atom stereocenters. The van der Waals surface area contributed by atoms with E-state index in [1.165, 1.54) is 18.2 Å². The van der Waals surface area contributed by atoms with Crippen LogP contribution < -0.4 is 10.5 Å². The van der Waals surface area contributed by atoms with Crippen LogP contribution in [0, 0.1) is 5.92 Å². The molecule has 3 N–H and O–H groups in total. The molecule has 2 rings (SSSR count). The van der Waals surface area contributed by atoms with Gasteiger partial charge in [0, 0.05) is 5.56 Å². The highest BCUT2D eigenvalue weighted by molar-refractivity contribution is 5.85. The van der Waals surface area contributed by atoms with Gasteiger partial charge in [-0.15, -0.1) is 25.6 Å². The van der Waals surface area contributed by atoms with Crippen LogP contribution in [0.4, 0.5) is 13.2 Å². The van der Waals surface area contributed by atoms with Crippen molar-refractivity contribution in [2.24, 2.45) is 11.7 Å². The number of nitrogens with two attached hydrogens (primary N) is 1. The zero-order valence-corrected chi connectivity index (χ0v) is 12.2. The Hall–Kier alpha value is -0.980. The van der Waals surface area contributed by atoms with Gasteiger partial charge in [-0.2, -0.15) is 0 Å². The predicted molar refractivity (Wildman–Crippen MR) is 75.3 cm³/mol. The van der Waals surface area contributed by atoms with E-state index in [1.807, 2.05) is 0 Å². The van der Waals surface area contributed by atoms with Gasteiger partial charge in [0.05, 0.1) is 12.1 Å². The Labute approximate surface area is 127 Å². The van der Waals surface area contributed by atoms with Crippen LogP contribution in [-0.4, -0.2) is 17.6 Å². The molecule has 0 aromatic heterocycles. The maximum absolute atomic E-state index is 12.4. The molecule has 0 saturated heterocycles. The monoisotopic (exact) mass is 325 g/mol. The first-order valence-electron chi connectivity index (χ1n) is 6.67. The minimum Gasteiger partial charge on any atom is -0.405 e. The number of rotatable bonds is 4. The topological polar surface area (TPSA) is 55.5 Å². The SMILES string of the molecule is Cl.N[C@H](c1ccccc1OC(F)(F)F)[C@@H](O)C1CCCC1. The molecule has 3 nitrogen and oxygen atoms in total. The van der Waals surface area contributed by atoms with Crippen molar-refractivity contribution in [3.05, 3.63) is 29.8 Å². The molecule has 0 unspecified atom stereocenters.